The van der Waals surface area contributed by atoms with Gasteiger partial charge in [0.1, 0.15) is 11.6 Å². The maximum absolute atomic E-state index is 13.1. The number of aliphatic hydroxyl groups excluding tert-OH is 1. The maximum atomic E-state index is 13.1. The van der Waals surface area contributed by atoms with Crippen molar-refractivity contribution in [1.82, 2.24) is 9.97 Å². The van der Waals surface area contributed by atoms with Crippen molar-refractivity contribution in [2.45, 2.75) is 63.5 Å². The first kappa shape index (κ1) is 22.5. The molecule has 1 aliphatic rings. The molecule has 32 heavy (non-hydrogen) atoms. The van der Waals surface area contributed by atoms with Gasteiger partial charge in [-0.1, -0.05) is 18.2 Å². The third kappa shape index (κ3) is 4.56. The molecule has 1 aromatic heterocycles. The molecule has 0 radical (unpaired) electrons. The number of rotatable bonds is 4. The molecular formula is C24H26F3N3O2. The normalized spacial score (nSPS) is 22.7. The van der Waals surface area contributed by atoms with E-state index in [2.05, 4.69) is 15.3 Å². The lowest BCUT2D eigenvalue weighted by Crippen LogP contribution is -2.33. The van der Waals surface area contributed by atoms with Gasteiger partial charge in [0.25, 0.3) is 0 Å². The minimum atomic E-state index is -4.41. The summed E-state index contributed by atoms with van der Waals surface area (Å²) in [7, 11) is 0. The van der Waals surface area contributed by atoms with Crippen molar-refractivity contribution in [1.29, 1.82) is 0 Å². The third-order valence-corrected chi connectivity index (χ3v) is 6.19. The Kier molecular flexibility index (Phi) is 5.85. The number of halogens is 3. The molecule has 1 saturated carbocycles. The van der Waals surface area contributed by atoms with Crippen LogP contribution in [0.25, 0.3) is 10.9 Å². The quantitative estimate of drug-likeness (QED) is 0.511. The second-order valence-electron chi connectivity index (χ2n) is 8.60. The molecule has 0 amide bonds. The van der Waals surface area contributed by atoms with Gasteiger partial charge in [-0.25, -0.2) is 9.97 Å². The number of aliphatic hydroxyl groups is 2. The molecule has 0 spiro atoms. The second-order valence-corrected chi connectivity index (χ2v) is 8.60. The standard InChI is InChI=1S/C24H26F3N3O2/c1-14(16-4-3-5-18(12-16)24(25,26)27)28-22-20-13-17(6-7-21(20)29-15(2)30-22)23(32)10-8-19(31)9-11-23/h3-7,12-14,19,31-32H,8-11H2,1-2H3,(H,28,29,30)/t14-,19?,23?/m1/s1. The summed E-state index contributed by atoms with van der Waals surface area (Å²) in [4.78, 5) is 8.96. The van der Waals surface area contributed by atoms with Gasteiger partial charge in [0.05, 0.1) is 22.8 Å². The molecule has 1 fully saturated rings. The summed E-state index contributed by atoms with van der Waals surface area (Å²) in [6.07, 6.45) is -2.85. The van der Waals surface area contributed by atoms with Crippen LogP contribution < -0.4 is 5.32 Å². The maximum Gasteiger partial charge on any atom is 0.416 e. The summed E-state index contributed by atoms with van der Waals surface area (Å²) < 4.78 is 39.4. The number of hydrogen-bond donors (Lipinski definition) is 3. The summed E-state index contributed by atoms with van der Waals surface area (Å²) in [5.74, 6) is 1.03. The number of nitrogens with zero attached hydrogens (tertiary/aromatic N) is 2. The van der Waals surface area contributed by atoms with E-state index in [1.54, 1.807) is 19.9 Å². The summed E-state index contributed by atoms with van der Waals surface area (Å²) in [6.45, 7) is 3.53. The van der Waals surface area contributed by atoms with E-state index in [0.717, 1.165) is 17.7 Å². The highest BCUT2D eigenvalue weighted by atomic mass is 19.4. The van der Waals surface area contributed by atoms with Gasteiger partial charge >= 0.3 is 6.18 Å². The number of aryl methyl sites for hydroxylation is 1. The summed E-state index contributed by atoms with van der Waals surface area (Å²) >= 11 is 0. The zero-order valence-electron chi connectivity index (χ0n) is 17.9. The van der Waals surface area contributed by atoms with Crippen LogP contribution in [0.15, 0.2) is 42.5 Å². The van der Waals surface area contributed by atoms with Crippen LogP contribution in [0.3, 0.4) is 0 Å². The molecule has 1 aliphatic carbocycles. The van der Waals surface area contributed by atoms with Gasteiger partial charge in [0, 0.05) is 11.4 Å². The Morgan fingerprint density at radius 2 is 1.81 bits per heavy atom. The van der Waals surface area contributed by atoms with E-state index in [-0.39, 0.29) is 0 Å². The van der Waals surface area contributed by atoms with Gasteiger partial charge in [0.2, 0.25) is 0 Å². The van der Waals surface area contributed by atoms with E-state index >= 15 is 0 Å². The van der Waals surface area contributed by atoms with E-state index < -0.39 is 29.5 Å². The molecule has 2 aromatic carbocycles. The van der Waals surface area contributed by atoms with E-state index in [4.69, 9.17) is 0 Å². The monoisotopic (exact) mass is 445 g/mol. The smallest absolute Gasteiger partial charge is 0.393 e. The predicted molar refractivity (Wildman–Crippen MR) is 116 cm³/mol. The molecule has 0 saturated heterocycles. The fourth-order valence-electron chi connectivity index (χ4n) is 4.29. The lowest BCUT2D eigenvalue weighted by atomic mass is 9.78. The number of nitrogens with one attached hydrogen (secondary N) is 1. The number of aromatic nitrogens is 2. The zero-order valence-corrected chi connectivity index (χ0v) is 17.9. The average Bonchev–Trinajstić information content (AvgIpc) is 2.75. The van der Waals surface area contributed by atoms with Crippen molar-refractivity contribution >= 4 is 16.7 Å². The van der Waals surface area contributed by atoms with E-state index in [1.807, 2.05) is 18.2 Å². The summed E-state index contributed by atoms with van der Waals surface area (Å²) in [5.41, 5.74) is 0.151. The Labute approximate surface area is 184 Å². The molecule has 4 rings (SSSR count). The molecule has 0 aliphatic heterocycles. The Balaban J connectivity index is 1.69. The molecule has 170 valence electrons. The number of anilines is 1. The second kappa shape index (κ2) is 8.33. The molecule has 3 N–H and O–H groups in total. The van der Waals surface area contributed by atoms with Crippen molar-refractivity contribution in [3.8, 4) is 0 Å². The highest BCUT2D eigenvalue weighted by Gasteiger charge is 2.34. The van der Waals surface area contributed by atoms with Crippen LogP contribution in [0, 0.1) is 6.92 Å². The van der Waals surface area contributed by atoms with Crippen molar-refractivity contribution in [2.24, 2.45) is 0 Å². The Morgan fingerprint density at radius 3 is 2.50 bits per heavy atom. The number of benzene rings is 2. The number of alkyl halides is 3. The summed E-state index contributed by atoms with van der Waals surface area (Å²) in [6, 6.07) is 10.3. The highest BCUT2D eigenvalue weighted by Crippen LogP contribution is 2.39. The molecule has 3 aromatic rings. The van der Waals surface area contributed by atoms with Crippen LogP contribution in [0.5, 0.6) is 0 Å². The Hall–Kier alpha value is -2.71. The van der Waals surface area contributed by atoms with Gasteiger partial charge in [-0.3, -0.25) is 0 Å². The van der Waals surface area contributed by atoms with Gasteiger partial charge in [0.15, 0.2) is 0 Å². The van der Waals surface area contributed by atoms with Crippen LogP contribution in [0.4, 0.5) is 19.0 Å². The van der Waals surface area contributed by atoms with Crippen molar-refractivity contribution < 1.29 is 23.4 Å². The molecule has 1 atom stereocenters. The van der Waals surface area contributed by atoms with Gasteiger partial charge in [-0.15, -0.1) is 0 Å². The lowest BCUT2D eigenvalue weighted by molar-refractivity contribution is -0.137. The predicted octanol–water partition coefficient (Wildman–Crippen LogP) is 5.25. The average molecular weight is 445 g/mol. The van der Waals surface area contributed by atoms with Crippen LogP contribution in [-0.4, -0.2) is 26.3 Å². The molecule has 8 heteroatoms. The zero-order chi connectivity index (χ0) is 23.1. The van der Waals surface area contributed by atoms with E-state index in [1.165, 1.54) is 6.07 Å². The topological polar surface area (TPSA) is 78.3 Å². The third-order valence-electron chi connectivity index (χ3n) is 6.19. The van der Waals surface area contributed by atoms with Crippen LogP contribution in [-0.2, 0) is 11.8 Å². The largest absolute Gasteiger partial charge is 0.416 e. The molecule has 0 unspecified atom stereocenters. The van der Waals surface area contributed by atoms with Crippen molar-refractivity contribution in [3.05, 3.63) is 65.0 Å². The molecule has 1 heterocycles. The lowest BCUT2D eigenvalue weighted by Gasteiger charge is -2.35. The highest BCUT2D eigenvalue weighted by molar-refractivity contribution is 5.90. The van der Waals surface area contributed by atoms with Gasteiger partial charge in [-0.05, 0) is 74.9 Å². The van der Waals surface area contributed by atoms with Crippen LogP contribution >= 0.6 is 0 Å². The van der Waals surface area contributed by atoms with Crippen LogP contribution in [0.1, 0.15) is 61.2 Å². The first-order valence-electron chi connectivity index (χ1n) is 10.7. The van der Waals surface area contributed by atoms with Gasteiger partial charge < -0.3 is 15.5 Å². The fraction of sp³-hybridized carbons (Fsp3) is 0.417. The van der Waals surface area contributed by atoms with Crippen molar-refractivity contribution in [2.75, 3.05) is 5.32 Å². The number of fused-ring (bicyclic) bond motifs is 1. The molecule has 0 bridgehead atoms. The Morgan fingerprint density at radius 1 is 1.09 bits per heavy atom. The fourth-order valence-corrected chi connectivity index (χ4v) is 4.29. The van der Waals surface area contributed by atoms with E-state index in [0.29, 0.717) is 53.8 Å². The van der Waals surface area contributed by atoms with Gasteiger partial charge in [-0.2, -0.15) is 13.2 Å². The van der Waals surface area contributed by atoms with Crippen LogP contribution in [0.2, 0.25) is 0 Å². The summed E-state index contributed by atoms with van der Waals surface area (Å²) in [5, 5.41) is 24.9. The SMILES string of the molecule is Cc1nc(N[C@H](C)c2cccc(C(F)(F)F)c2)c2cc(C3(O)CCC(O)CC3)ccc2n1. The Bertz CT molecular complexity index is 1130. The number of hydrogen-bond acceptors (Lipinski definition) is 5. The first-order chi connectivity index (χ1) is 15.0. The first-order valence-corrected chi connectivity index (χ1v) is 10.7. The minimum absolute atomic E-state index is 0.396. The van der Waals surface area contributed by atoms with Crippen molar-refractivity contribution in [3.63, 3.8) is 0 Å². The molecule has 5 nitrogen and oxygen atoms in total. The van der Waals surface area contributed by atoms with E-state index in [9.17, 15) is 23.4 Å². The molecular weight excluding hydrogens is 419 g/mol. The minimum Gasteiger partial charge on any atom is -0.393 e.